The molecule has 0 radical (unpaired) electrons. The van der Waals surface area contributed by atoms with Gasteiger partial charge in [-0.15, -0.1) is 0 Å². The number of likely N-dealkylation sites (tertiary alicyclic amines) is 1. The predicted molar refractivity (Wildman–Crippen MR) is 95.2 cm³/mol. The SMILES string of the molecule is CC1CCN(C(=O)CCS(=O)(=O)c2ccc3c(c2)CC(=O)N3C)CC1. The third kappa shape index (κ3) is 3.71. The molecule has 2 aliphatic heterocycles. The van der Waals surface area contributed by atoms with Gasteiger partial charge in [0, 0.05) is 32.2 Å². The fourth-order valence-corrected chi connectivity index (χ4v) is 4.67. The van der Waals surface area contributed by atoms with Crippen molar-refractivity contribution in [3.63, 3.8) is 0 Å². The first-order valence-corrected chi connectivity index (χ1v) is 10.3. The van der Waals surface area contributed by atoms with Gasteiger partial charge in [0.2, 0.25) is 11.8 Å². The van der Waals surface area contributed by atoms with Crippen LogP contribution in [-0.4, -0.2) is 51.0 Å². The van der Waals surface area contributed by atoms with Crippen LogP contribution < -0.4 is 4.90 Å². The van der Waals surface area contributed by atoms with Crippen LogP contribution in [0.1, 0.15) is 31.7 Å². The third-order valence-corrected chi connectivity index (χ3v) is 6.92. The summed E-state index contributed by atoms with van der Waals surface area (Å²) in [6.07, 6.45) is 2.18. The van der Waals surface area contributed by atoms with Gasteiger partial charge in [0.25, 0.3) is 0 Å². The molecule has 0 aromatic heterocycles. The molecule has 0 atom stereocenters. The van der Waals surface area contributed by atoms with Gasteiger partial charge in [-0.2, -0.15) is 0 Å². The summed E-state index contributed by atoms with van der Waals surface area (Å²) in [7, 11) is -1.86. The van der Waals surface area contributed by atoms with E-state index in [1.165, 1.54) is 11.0 Å². The molecule has 6 nitrogen and oxygen atoms in total. The lowest BCUT2D eigenvalue weighted by Crippen LogP contribution is -2.38. The van der Waals surface area contributed by atoms with E-state index in [2.05, 4.69) is 6.92 Å². The van der Waals surface area contributed by atoms with E-state index < -0.39 is 9.84 Å². The number of carbonyl (C=O) groups excluding carboxylic acids is 2. The maximum absolute atomic E-state index is 12.6. The van der Waals surface area contributed by atoms with E-state index in [0.717, 1.165) is 24.1 Å². The molecular weight excluding hydrogens is 340 g/mol. The molecule has 25 heavy (non-hydrogen) atoms. The molecule has 2 aliphatic rings. The van der Waals surface area contributed by atoms with Crippen molar-refractivity contribution in [3.8, 4) is 0 Å². The number of anilines is 1. The Morgan fingerprint density at radius 3 is 2.60 bits per heavy atom. The number of rotatable bonds is 4. The maximum atomic E-state index is 12.6. The molecule has 1 aromatic carbocycles. The second-order valence-corrected chi connectivity index (χ2v) is 9.16. The molecule has 2 amide bonds. The number of likely N-dealkylation sites (N-methyl/N-ethyl adjacent to an activating group) is 1. The molecule has 3 rings (SSSR count). The summed E-state index contributed by atoms with van der Waals surface area (Å²) in [5.74, 6) is 0.297. The van der Waals surface area contributed by atoms with E-state index in [1.807, 2.05) is 0 Å². The van der Waals surface area contributed by atoms with Gasteiger partial charge in [0.15, 0.2) is 9.84 Å². The number of hydrogen-bond acceptors (Lipinski definition) is 4. The van der Waals surface area contributed by atoms with Crippen LogP contribution in [0.3, 0.4) is 0 Å². The van der Waals surface area contributed by atoms with Gasteiger partial charge >= 0.3 is 0 Å². The monoisotopic (exact) mass is 364 g/mol. The summed E-state index contributed by atoms with van der Waals surface area (Å²) < 4.78 is 25.1. The summed E-state index contributed by atoms with van der Waals surface area (Å²) in [5.41, 5.74) is 1.48. The Kier molecular flexibility index (Phi) is 4.86. The minimum absolute atomic E-state index is 0.00658. The average molecular weight is 364 g/mol. The Labute approximate surface area is 148 Å². The van der Waals surface area contributed by atoms with Crippen molar-refractivity contribution in [2.75, 3.05) is 30.8 Å². The number of hydrogen-bond donors (Lipinski definition) is 0. The van der Waals surface area contributed by atoms with Gasteiger partial charge < -0.3 is 9.80 Å². The lowest BCUT2D eigenvalue weighted by molar-refractivity contribution is -0.132. The number of benzene rings is 1. The molecule has 1 fully saturated rings. The highest BCUT2D eigenvalue weighted by molar-refractivity contribution is 7.91. The summed E-state index contributed by atoms with van der Waals surface area (Å²) in [6, 6.07) is 4.76. The molecule has 7 heteroatoms. The van der Waals surface area contributed by atoms with E-state index in [0.29, 0.717) is 19.0 Å². The van der Waals surface area contributed by atoms with Crippen LogP contribution in [0.5, 0.6) is 0 Å². The number of piperidine rings is 1. The maximum Gasteiger partial charge on any atom is 0.231 e. The van der Waals surface area contributed by atoms with E-state index in [9.17, 15) is 18.0 Å². The molecule has 1 aromatic rings. The molecular formula is C18H24N2O4S. The van der Waals surface area contributed by atoms with Crippen LogP contribution >= 0.6 is 0 Å². The zero-order valence-corrected chi connectivity index (χ0v) is 15.5. The quantitative estimate of drug-likeness (QED) is 0.814. The van der Waals surface area contributed by atoms with Gasteiger partial charge in [-0.3, -0.25) is 9.59 Å². The fraction of sp³-hybridized carbons (Fsp3) is 0.556. The Balaban J connectivity index is 1.66. The summed E-state index contributed by atoms with van der Waals surface area (Å²) in [6.45, 7) is 3.60. The molecule has 0 bridgehead atoms. The van der Waals surface area contributed by atoms with Crippen molar-refractivity contribution in [2.24, 2.45) is 5.92 Å². The molecule has 0 N–H and O–H groups in total. The summed E-state index contributed by atoms with van der Waals surface area (Å²) >= 11 is 0. The Hall–Kier alpha value is -1.89. The van der Waals surface area contributed by atoms with Crippen LogP contribution in [0.15, 0.2) is 23.1 Å². The second kappa shape index (κ2) is 6.78. The Bertz CT molecular complexity index is 795. The van der Waals surface area contributed by atoms with E-state index in [4.69, 9.17) is 0 Å². The summed E-state index contributed by atoms with van der Waals surface area (Å²) in [4.78, 5) is 27.5. The highest BCUT2D eigenvalue weighted by Crippen LogP contribution is 2.30. The van der Waals surface area contributed by atoms with Gasteiger partial charge in [-0.1, -0.05) is 6.92 Å². The number of fused-ring (bicyclic) bond motifs is 1. The molecule has 0 saturated carbocycles. The lowest BCUT2D eigenvalue weighted by atomic mass is 9.99. The zero-order chi connectivity index (χ0) is 18.2. The first-order chi connectivity index (χ1) is 11.8. The molecule has 1 saturated heterocycles. The van der Waals surface area contributed by atoms with Crippen molar-refractivity contribution >= 4 is 27.3 Å². The lowest BCUT2D eigenvalue weighted by Gasteiger charge is -2.30. The molecule has 0 aliphatic carbocycles. The third-order valence-electron chi connectivity index (χ3n) is 5.21. The molecule has 0 unspecified atom stereocenters. The van der Waals surface area contributed by atoms with Crippen molar-refractivity contribution < 1.29 is 18.0 Å². The molecule has 136 valence electrons. The normalized spacial score (nSPS) is 18.6. The number of carbonyl (C=O) groups is 2. The first-order valence-electron chi connectivity index (χ1n) is 8.68. The van der Waals surface area contributed by atoms with Crippen LogP contribution in [0.4, 0.5) is 5.69 Å². The van der Waals surface area contributed by atoms with Crippen molar-refractivity contribution in [2.45, 2.75) is 37.5 Å². The van der Waals surface area contributed by atoms with Crippen molar-refractivity contribution in [3.05, 3.63) is 23.8 Å². The van der Waals surface area contributed by atoms with E-state index in [-0.39, 0.29) is 35.3 Å². The highest BCUT2D eigenvalue weighted by atomic mass is 32.2. The van der Waals surface area contributed by atoms with Crippen molar-refractivity contribution in [1.29, 1.82) is 0 Å². The smallest absolute Gasteiger partial charge is 0.231 e. The fourth-order valence-electron chi connectivity index (χ4n) is 3.40. The zero-order valence-electron chi connectivity index (χ0n) is 14.7. The number of amides is 2. The Morgan fingerprint density at radius 1 is 1.24 bits per heavy atom. The number of sulfone groups is 1. The number of nitrogens with zero attached hydrogens (tertiary/aromatic N) is 2. The van der Waals surface area contributed by atoms with Crippen molar-refractivity contribution in [1.82, 2.24) is 4.90 Å². The van der Waals surface area contributed by atoms with Gasteiger partial charge in [0.05, 0.1) is 17.1 Å². The van der Waals surface area contributed by atoms with E-state index in [1.54, 1.807) is 24.1 Å². The van der Waals surface area contributed by atoms with Crippen LogP contribution in [0.2, 0.25) is 0 Å². The first kappa shape index (κ1) is 17.9. The Morgan fingerprint density at radius 2 is 1.92 bits per heavy atom. The predicted octanol–water partition coefficient (Wildman–Crippen LogP) is 1.63. The second-order valence-electron chi connectivity index (χ2n) is 7.05. The molecule has 2 heterocycles. The standard InChI is InChI=1S/C18H24N2O4S/c1-13-5-8-20(9-6-13)17(21)7-10-25(23,24)15-3-4-16-14(11-15)12-18(22)19(16)2/h3-4,11,13H,5-10,12H2,1-2H3. The topological polar surface area (TPSA) is 74.8 Å². The van der Waals surface area contributed by atoms with Crippen LogP contribution in [-0.2, 0) is 25.8 Å². The van der Waals surface area contributed by atoms with Gasteiger partial charge in [-0.05, 0) is 42.5 Å². The largest absolute Gasteiger partial charge is 0.343 e. The minimum atomic E-state index is -3.54. The van der Waals surface area contributed by atoms with Crippen LogP contribution in [0.25, 0.3) is 0 Å². The van der Waals surface area contributed by atoms with Gasteiger partial charge in [0.1, 0.15) is 0 Å². The summed E-state index contributed by atoms with van der Waals surface area (Å²) in [5, 5.41) is 0. The highest BCUT2D eigenvalue weighted by Gasteiger charge is 2.27. The van der Waals surface area contributed by atoms with Crippen LogP contribution in [0, 0.1) is 5.92 Å². The minimum Gasteiger partial charge on any atom is -0.343 e. The van der Waals surface area contributed by atoms with E-state index >= 15 is 0 Å². The molecule has 0 spiro atoms. The average Bonchev–Trinajstić information content (AvgIpc) is 2.87. The van der Waals surface area contributed by atoms with Gasteiger partial charge in [-0.25, -0.2) is 8.42 Å².